The summed E-state index contributed by atoms with van der Waals surface area (Å²) in [6.45, 7) is 3.91. The number of benzene rings is 3. The van der Waals surface area contributed by atoms with Crippen molar-refractivity contribution < 1.29 is 9.59 Å². The number of hydrogen-bond acceptors (Lipinski definition) is 4. The molecule has 5 nitrogen and oxygen atoms in total. The van der Waals surface area contributed by atoms with Gasteiger partial charge in [-0.05, 0) is 35.9 Å². The van der Waals surface area contributed by atoms with Gasteiger partial charge in [-0.3, -0.25) is 14.5 Å². The van der Waals surface area contributed by atoms with Crippen LogP contribution in [0.5, 0.6) is 0 Å². The highest BCUT2D eigenvalue weighted by molar-refractivity contribution is 7.18. The smallest absolute Gasteiger partial charge is 0.259 e. The molecule has 1 aliphatic heterocycles. The van der Waals surface area contributed by atoms with Crippen LogP contribution in [0.25, 0.3) is 15.9 Å². The van der Waals surface area contributed by atoms with Gasteiger partial charge in [-0.25, -0.2) is 4.98 Å². The van der Waals surface area contributed by atoms with Crippen molar-refractivity contribution in [2.75, 3.05) is 11.9 Å². The molecule has 0 saturated heterocycles. The Morgan fingerprint density at radius 1 is 0.968 bits per heavy atom. The molecule has 4 aromatic rings. The summed E-state index contributed by atoms with van der Waals surface area (Å²) in [6, 6.07) is 23.1. The summed E-state index contributed by atoms with van der Waals surface area (Å²) in [5.74, 6) is -0.455. The van der Waals surface area contributed by atoms with E-state index in [2.05, 4.69) is 22.9 Å². The fraction of sp³-hybridized carbons (Fsp3) is 0.0800. The standard InChI is InChI=1S/C25H19N3O2S/c1-16-19-6-2-3-7-20(19)25(30)28(16)15-23(29)26-18-12-10-17(11-13-18)14-24-27-21-8-4-5-9-22(21)31-24/h2-13H,1,14-15H2,(H,26,29). The predicted octanol–water partition coefficient (Wildman–Crippen LogP) is 4.95. The number of carbonyl (C=O) groups is 2. The lowest BCUT2D eigenvalue weighted by Gasteiger charge is -2.17. The first-order valence-corrected chi connectivity index (χ1v) is 10.7. The van der Waals surface area contributed by atoms with Gasteiger partial charge in [0, 0.05) is 28.9 Å². The number of para-hydroxylation sites is 1. The largest absolute Gasteiger partial charge is 0.325 e. The Balaban J connectivity index is 1.22. The van der Waals surface area contributed by atoms with Crippen LogP contribution in [0.3, 0.4) is 0 Å². The molecule has 152 valence electrons. The maximum atomic E-state index is 12.6. The number of aromatic nitrogens is 1. The third-order valence-corrected chi connectivity index (χ3v) is 6.31. The average Bonchev–Trinajstić information content (AvgIpc) is 3.29. The van der Waals surface area contributed by atoms with E-state index in [0.717, 1.165) is 28.1 Å². The van der Waals surface area contributed by atoms with Crippen LogP contribution in [0, 0.1) is 0 Å². The van der Waals surface area contributed by atoms with Gasteiger partial charge in [0.25, 0.3) is 5.91 Å². The average molecular weight is 426 g/mol. The number of anilines is 1. The van der Waals surface area contributed by atoms with Gasteiger partial charge in [-0.2, -0.15) is 0 Å². The number of rotatable bonds is 5. The van der Waals surface area contributed by atoms with E-state index in [-0.39, 0.29) is 18.4 Å². The van der Waals surface area contributed by atoms with E-state index in [4.69, 9.17) is 0 Å². The Labute approximate surface area is 183 Å². The summed E-state index contributed by atoms with van der Waals surface area (Å²) in [4.78, 5) is 31.2. The van der Waals surface area contributed by atoms with Crippen LogP contribution in [-0.2, 0) is 11.2 Å². The van der Waals surface area contributed by atoms with Gasteiger partial charge in [0.2, 0.25) is 5.91 Å². The second-order valence-electron chi connectivity index (χ2n) is 7.38. The Kier molecular flexibility index (Phi) is 4.84. The van der Waals surface area contributed by atoms with E-state index >= 15 is 0 Å². The van der Waals surface area contributed by atoms with E-state index in [1.807, 2.05) is 60.7 Å². The zero-order chi connectivity index (χ0) is 21.4. The van der Waals surface area contributed by atoms with Crippen molar-refractivity contribution in [2.24, 2.45) is 0 Å². The highest BCUT2D eigenvalue weighted by Crippen LogP contribution is 2.31. The van der Waals surface area contributed by atoms with E-state index in [0.29, 0.717) is 16.9 Å². The third-order valence-electron chi connectivity index (χ3n) is 5.27. The molecule has 0 unspecified atom stereocenters. The van der Waals surface area contributed by atoms with Gasteiger partial charge < -0.3 is 5.32 Å². The molecule has 3 aromatic carbocycles. The number of fused-ring (bicyclic) bond motifs is 2. The Bertz CT molecular complexity index is 1260. The summed E-state index contributed by atoms with van der Waals surface area (Å²) < 4.78 is 1.18. The van der Waals surface area contributed by atoms with Crippen LogP contribution in [0.4, 0.5) is 5.69 Å². The lowest BCUT2D eigenvalue weighted by Crippen LogP contribution is -2.32. The van der Waals surface area contributed by atoms with Crippen molar-refractivity contribution in [3.8, 4) is 0 Å². The first kappa shape index (κ1) is 19.2. The lowest BCUT2D eigenvalue weighted by molar-refractivity contribution is -0.116. The van der Waals surface area contributed by atoms with E-state index in [9.17, 15) is 9.59 Å². The van der Waals surface area contributed by atoms with Crippen LogP contribution in [0.1, 0.15) is 26.5 Å². The summed E-state index contributed by atoms with van der Waals surface area (Å²) >= 11 is 1.69. The summed E-state index contributed by atoms with van der Waals surface area (Å²) in [5, 5.41) is 3.92. The van der Waals surface area contributed by atoms with Crippen LogP contribution in [0.2, 0.25) is 0 Å². The second-order valence-corrected chi connectivity index (χ2v) is 8.50. The molecule has 0 fully saturated rings. The molecule has 0 atom stereocenters. The minimum Gasteiger partial charge on any atom is -0.325 e. The minimum atomic E-state index is -0.263. The van der Waals surface area contributed by atoms with Gasteiger partial charge in [0.1, 0.15) is 6.54 Å². The normalized spacial score (nSPS) is 13.0. The molecule has 5 rings (SSSR count). The Morgan fingerprint density at radius 2 is 1.68 bits per heavy atom. The molecule has 1 aromatic heterocycles. The Hall–Kier alpha value is -3.77. The van der Waals surface area contributed by atoms with Crippen LogP contribution in [-0.4, -0.2) is 28.2 Å². The van der Waals surface area contributed by atoms with E-state index in [1.165, 1.54) is 9.60 Å². The third kappa shape index (κ3) is 3.73. The van der Waals surface area contributed by atoms with Crippen molar-refractivity contribution in [1.82, 2.24) is 9.88 Å². The molecule has 0 saturated carbocycles. The first-order valence-electron chi connectivity index (χ1n) is 9.92. The second kappa shape index (κ2) is 7.81. The van der Waals surface area contributed by atoms with Gasteiger partial charge in [0.15, 0.2) is 0 Å². The monoisotopic (exact) mass is 425 g/mol. The topological polar surface area (TPSA) is 62.3 Å². The van der Waals surface area contributed by atoms with Crippen LogP contribution < -0.4 is 5.32 Å². The molecule has 1 aliphatic rings. The number of carbonyl (C=O) groups excluding carboxylic acids is 2. The van der Waals surface area contributed by atoms with Gasteiger partial charge in [-0.1, -0.05) is 49.0 Å². The molecule has 6 heteroatoms. The zero-order valence-electron chi connectivity index (χ0n) is 16.7. The minimum absolute atomic E-state index is 0.0696. The van der Waals surface area contributed by atoms with E-state index in [1.54, 1.807) is 17.4 Å². The highest BCUT2D eigenvalue weighted by Gasteiger charge is 2.31. The summed E-state index contributed by atoms with van der Waals surface area (Å²) in [7, 11) is 0. The van der Waals surface area contributed by atoms with Gasteiger partial charge in [0.05, 0.1) is 15.2 Å². The number of hydrogen-bond donors (Lipinski definition) is 1. The maximum Gasteiger partial charge on any atom is 0.259 e. The molecule has 1 N–H and O–H groups in total. The number of thiazole rings is 1. The number of nitrogens with one attached hydrogen (secondary N) is 1. The first-order chi connectivity index (χ1) is 15.1. The van der Waals surface area contributed by atoms with Crippen LogP contribution in [0.15, 0.2) is 79.4 Å². The molecule has 0 aliphatic carbocycles. The lowest BCUT2D eigenvalue weighted by atomic mass is 10.1. The van der Waals surface area contributed by atoms with Gasteiger partial charge in [-0.15, -0.1) is 11.3 Å². The number of amides is 2. The molecule has 0 radical (unpaired) electrons. The van der Waals surface area contributed by atoms with Crippen molar-refractivity contribution in [3.63, 3.8) is 0 Å². The molecular weight excluding hydrogens is 406 g/mol. The molecule has 31 heavy (non-hydrogen) atoms. The maximum absolute atomic E-state index is 12.6. The summed E-state index contributed by atoms with van der Waals surface area (Å²) in [5.41, 5.74) is 4.75. The zero-order valence-corrected chi connectivity index (χ0v) is 17.5. The Morgan fingerprint density at radius 3 is 2.42 bits per heavy atom. The molecule has 2 heterocycles. The van der Waals surface area contributed by atoms with Crippen molar-refractivity contribution in [2.45, 2.75) is 6.42 Å². The molecule has 2 amide bonds. The molecule has 0 bridgehead atoms. The molecule has 0 spiro atoms. The van der Waals surface area contributed by atoms with Crippen LogP contribution >= 0.6 is 11.3 Å². The molecular formula is C25H19N3O2S. The van der Waals surface area contributed by atoms with E-state index < -0.39 is 0 Å². The number of nitrogens with zero attached hydrogens (tertiary/aromatic N) is 2. The quantitative estimate of drug-likeness (QED) is 0.492. The fourth-order valence-corrected chi connectivity index (χ4v) is 4.72. The summed E-state index contributed by atoms with van der Waals surface area (Å²) in [6.07, 6.45) is 0.744. The van der Waals surface area contributed by atoms with Gasteiger partial charge >= 0.3 is 0 Å². The fourth-order valence-electron chi connectivity index (χ4n) is 3.72. The van der Waals surface area contributed by atoms with Crippen molar-refractivity contribution in [1.29, 1.82) is 0 Å². The predicted molar refractivity (Wildman–Crippen MR) is 124 cm³/mol. The van der Waals surface area contributed by atoms with Crippen molar-refractivity contribution >= 4 is 44.8 Å². The highest BCUT2D eigenvalue weighted by atomic mass is 32.1. The van der Waals surface area contributed by atoms with Crippen molar-refractivity contribution in [3.05, 3.63) is 101 Å². The SMILES string of the molecule is C=C1c2ccccc2C(=O)N1CC(=O)Nc1ccc(Cc2nc3ccccc3s2)cc1.